The van der Waals surface area contributed by atoms with Crippen LogP contribution < -0.4 is 9.80 Å². The molecule has 27 heavy (non-hydrogen) atoms. The Hall–Kier alpha value is -2.47. The summed E-state index contributed by atoms with van der Waals surface area (Å²) in [4.78, 5) is 28.5. The van der Waals surface area contributed by atoms with Crippen LogP contribution in [0.1, 0.15) is 23.4 Å². The molecule has 1 fully saturated rings. The predicted octanol–water partition coefficient (Wildman–Crippen LogP) is 2.19. The molecular weight excluding hydrogens is 338 g/mol. The van der Waals surface area contributed by atoms with E-state index in [-0.39, 0.29) is 5.91 Å². The van der Waals surface area contributed by atoms with Gasteiger partial charge in [-0.2, -0.15) is 0 Å². The van der Waals surface area contributed by atoms with Gasteiger partial charge >= 0.3 is 0 Å². The molecule has 1 aromatic heterocycles. The Kier molecular flexibility index (Phi) is 5.07. The second-order valence-electron chi connectivity index (χ2n) is 7.49. The molecule has 0 unspecified atom stereocenters. The van der Waals surface area contributed by atoms with E-state index in [2.05, 4.69) is 38.0 Å². The predicted molar refractivity (Wildman–Crippen MR) is 107 cm³/mol. The van der Waals surface area contributed by atoms with Crippen LogP contribution in [0.4, 0.5) is 11.6 Å². The van der Waals surface area contributed by atoms with Crippen molar-refractivity contribution in [3.8, 4) is 0 Å². The van der Waals surface area contributed by atoms with Crippen molar-refractivity contribution in [2.24, 2.45) is 0 Å². The molecule has 2 aliphatic heterocycles. The monoisotopic (exact) mass is 365 g/mol. The summed E-state index contributed by atoms with van der Waals surface area (Å²) in [6, 6.07) is 10.3. The van der Waals surface area contributed by atoms with Crippen molar-refractivity contribution in [2.45, 2.75) is 26.7 Å². The number of fused-ring (bicyclic) bond motifs is 1. The van der Waals surface area contributed by atoms with E-state index in [1.807, 2.05) is 30.9 Å². The minimum absolute atomic E-state index is 0.207. The molecule has 2 aliphatic rings. The fourth-order valence-corrected chi connectivity index (χ4v) is 4.02. The molecule has 0 atom stereocenters. The molecule has 0 radical (unpaired) electrons. The highest BCUT2D eigenvalue weighted by Crippen LogP contribution is 2.26. The highest BCUT2D eigenvalue weighted by molar-refractivity contribution is 5.96. The molecule has 1 amide bonds. The van der Waals surface area contributed by atoms with E-state index in [0.29, 0.717) is 6.54 Å². The van der Waals surface area contributed by atoms with Gasteiger partial charge in [0.25, 0.3) is 0 Å². The van der Waals surface area contributed by atoms with Crippen molar-refractivity contribution < 1.29 is 4.79 Å². The van der Waals surface area contributed by atoms with E-state index in [1.54, 1.807) is 0 Å². The van der Waals surface area contributed by atoms with Crippen LogP contribution in [0.25, 0.3) is 0 Å². The Morgan fingerprint density at radius 1 is 1.00 bits per heavy atom. The summed E-state index contributed by atoms with van der Waals surface area (Å²) in [5.74, 6) is 1.02. The number of benzene rings is 1. The molecule has 1 aromatic carbocycles. The van der Waals surface area contributed by atoms with Crippen LogP contribution in [0.3, 0.4) is 0 Å². The van der Waals surface area contributed by atoms with Crippen LogP contribution in [0, 0.1) is 13.8 Å². The van der Waals surface area contributed by atoms with E-state index in [4.69, 9.17) is 0 Å². The van der Waals surface area contributed by atoms with Gasteiger partial charge in [0.05, 0.1) is 6.54 Å². The maximum absolute atomic E-state index is 12.9. The van der Waals surface area contributed by atoms with Crippen molar-refractivity contribution >= 4 is 17.5 Å². The van der Waals surface area contributed by atoms with Crippen molar-refractivity contribution in [2.75, 3.05) is 49.1 Å². The lowest BCUT2D eigenvalue weighted by molar-refractivity contribution is -0.119. The number of carbonyl (C=O) groups is 1. The third-order valence-corrected chi connectivity index (χ3v) is 5.40. The summed E-state index contributed by atoms with van der Waals surface area (Å²) in [6.45, 7) is 8.74. The number of aromatic nitrogens is 2. The molecular formula is C21H27N5O. The van der Waals surface area contributed by atoms with Gasteiger partial charge in [-0.05, 0) is 44.4 Å². The van der Waals surface area contributed by atoms with Gasteiger partial charge < -0.3 is 9.80 Å². The van der Waals surface area contributed by atoms with Crippen LogP contribution in [0.2, 0.25) is 0 Å². The summed E-state index contributed by atoms with van der Waals surface area (Å²) in [7, 11) is 0. The maximum Gasteiger partial charge on any atom is 0.241 e. The Bertz CT molecular complexity index is 809. The summed E-state index contributed by atoms with van der Waals surface area (Å²) < 4.78 is 0. The standard InChI is InChI=1S/C21H27N5O/c1-16-14-17(2)23-21(22-16)25-12-10-24(11-13-25)15-20(27)26-9-5-7-18-6-3-4-8-19(18)26/h3-4,6,8,14H,5,7,9-13,15H2,1-2H3. The lowest BCUT2D eigenvalue weighted by Gasteiger charge is -2.36. The minimum atomic E-state index is 0.207. The average molecular weight is 365 g/mol. The minimum Gasteiger partial charge on any atom is -0.338 e. The van der Waals surface area contributed by atoms with E-state index in [1.165, 1.54) is 5.56 Å². The fourth-order valence-electron chi connectivity index (χ4n) is 4.02. The number of carbonyl (C=O) groups excluding carboxylic acids is 1. The summed E-state index contributed by atoms with van der Waals surface area (Å²) in [5, 5.41) is 0. The molecule has 0 aliphatic carbocycles. The van der Waals surface area contributed by atoms with Gasteiger partial charge in [-0.25, -0.2) is 9.97 Å². The number of amides is 1. The number of hydrogen-bond donors (Lipinski definition) is 0. The SMILES string of the molecule is Cc1cc(C)nc(N2CCN(CC(=O)N3CCCc4ccccc43)CC2)n1. The first-order valence-corrected chi connectivity index (χ1v) is 9.78. The lowest BCUT2D eigenvalue weighted by atomic mass is 10.0. The first-order chi connectivity index (χ1) is 13.1. The topological polar surface area (TPSA) is 52.6 Å². The molecule has 6 nitrogen and oxygen atoms in total. The Morgan fingerprint density at radius 2 is 1.70 bits per heavy atom. The third kappa shape index (κ3) is 3.95. The van der Waals surface area contributed by atoms with Crippen molar-refractivity contribution in [3.63, 3.8) is 0 Å². The van der Waals surface area contributed by atoms with Crippen LogP contribution in [-0.2, 0) is 11.2 Å². The molecule has 0 spiro atoms. The summed E-state index contributed by atoms with van der Waals surface area (Å²) in [5.41, 5.74) is 4.38. The fraction of sp³-hybridized carbons (Fsp3) is 0.476. The normalized spacial score (nSPS) is 17.7. The lowest BCUT2D eigenvalue weighted by Crippen LogP contribution is -2.51. The highest BCUT2D eigenvalue weighted by atomic mass is 16.2. The number of para-hydroxylation sites is 1. The molecule has 0 saturated carbocycles. The number of piperazine rings is 1. The molecule has 2 aromatic rings. The third-order valence-electron chi connectivity index (χ3n) is 5.40. The average Bonchev–Trinajstić information content (AvgIpc) is 2.67. The van der Waals surface area contributed by atoms with E-state index >= 15 is 0 Å². The van der Waals surface area contributed by atoms with Gasteiger partial charge in [0, 0.05) is 49.8 Å². The maximum atomic E-state index is 12.9. The zero-order valence-electron chi connectivity index (χ0n) is 16.2. The van der Waals surface area contributed by atoms with Crippen molar-refractivity contribution in [1.29, 1.82) is 0 Å². The second-order valence-corrected chi connectivity index (χ2v) is 7.49. The number of rotatable bonds is 3. The van der Waals surface area contributed by atoms with Crippen LogP contribution in [0.15, 0.2) is 30.3 Å². The van der Waals surface area contributed by atoms with Gasteiger partial charge in [-0.15, -0.1) is 0 Å². The molecule has 3 heterocycles. The van der Waals surface area contributed by atoms with Gasteiger partial charge in [0.15, 0.2) is 0 Å². The molecule has 1 saturated heterocycles. The van der Waals surface area contributed by atoms with Gasteiger partial charge in [0.2, 0.25) is 11.9 Å². The van der Waals surface area contributed by atoms with Crippen LogP contribution in [0.5, 0.6) is 0 Å². The number of aryl methyl sites for hydroxylation is 3. The first-order valence-electron chi connectivity index (χ1n) is 9.78. The van der Waals surface area contributed by atoms with Gasteiger partial charge in [-0.3, -0.25) is 9.69 Å². The van der Waals surface area contributed by atoms with Crippen molar-refractivity contribution in [1.82, 2.24) is 14.9 Å². The number of nitrogens with zero attached hydrogens (tertiary/aromatic N) is 5. The molecule has 142 valence electrons. The van der Waals surface area contributed by atoms with Crippen LogP contribution in [-0.4, -0.2) is 60.0 Å². The molecule has 0 bridgehead atoms. The molecule has 0 N–H and O–H groups in total. The smallest absolute Gasteiger partial charge is 0.241 e. The molecule has 4 rings (SSSR count). The van der Waals surface area contributed by atoms with Crippen molar-refractivity contribution in [3.05, 3.63) is 47.3 Å². The summed E-state index contributed by atoms with van der Waals surface area (Å²) in [6.07, 6.45) is 2.11. The Labute approximate surface area is 160 Å². The number of anilines is 2. The zero-order chi connectivity index (χ0) is 18.8. The number of hydrogen-bond acceptors (Lipinski definition) is 5. The quantitative estimate of drug-likeness (QED) is 0.835. The Balaban J connectivity index is 1.36. The van der Waals surface area contributed by atoms with Crippen LogP contribution >= 0.6 is 0 Å². The van der Waals surface area contributed by atoms with Gasteiger partial charge in [-0.1, -0.05) is 18.2 Å². The second kappa shape index (κ2) is 7.64. The van der Waals surface area contributed by atoms with Gasteiger partial charge in [0.1, 0.15) is 0 Å². The largest absolute Gasteiger partial charge is 0.338 e. The molecule has 6 heteroatoms. The van der Waals surface area contributed by atoms with E-state index in [9.17, 15) is 4.79 Å². The Morgan fingerprint density at radius 3 is 2.44 bits per heavy atom. The highest BCUT2D eigenvalue weighted by Gasteiger charge is 2.26. The summed E-state index contributed by atoms with van der Waals surface area (Å²) >= 11 is 0. The zero-order valence-corrected chi connectivity index (χ0v) is 16.2. The van der Waals surface area contributed by atoms with E-state index in [0.717, 1.165) is 68.6 Å². The van der Waals surface area contributed by atoms with E-state index < -0.39 is 0 Å². The first kappa shape index (κ1) is 17.9.